The summed E-state index contributed by atoms with van der Waals surface area (Å²) in [4.78, 5) is 39.1. The normalized spacial score (nSPS) is 23.8. The smallest absolute Gasteiger partial charge is 0.306 e. The molecule has 2 heterocycles. The molecule has 2 fully saturated rings. The number of carboxylic acids is 1. The summed E-state index contributed by atoms with van der Waals surface area (Å²) < 4.78 is 5.39. The van der Waals surface area contributed by atoms with E-state index >= 15 is 0 Å². The molecule has 1 aromatic rings. The lowest BCUT2D eigenvalue weighted by Gasteiger charge is -2.33. The number of ether oxygens (including phenoxy) is 1. The Morgan fingerprint density at radius 1 is 1.28 bits per heavy atom. The van der Waals surface area contributed by atoms with Gasteiger partial charge >= 0.3 is 5.97 Å². The summed E-state index contributed by atoms with van der Waals surface area (Å²) in [5.41, 5.74) is 0.607. The summed E-state index contributed by atoms with van der Waals surface area (Å²) in [5, 5.41) is 9.35. The highest BCUT2D eigenvalue weighted by atomic mass is 35.5. The van der Waals surface area contributed by atoms with Gasteiger partial charge in [0, 0.05) is 26.1 Å². The van der Waals surface area contributed by atoms with Crippen LogP contribution in [-0.2, 0) is 19.1 Å². The average Bonchev–Trinajstić information content (AvgIpc) is 2.96. The lowest BCUT2D eigenvalue weighted by Crippen LogP contribution is -2.48. The summed E-state index contributed by atoms with van der Waals surface area (Å²) >= 11 is 6.15. The van der Waals surface area contributed by atoms with Gasteiger partial charge in [-0.25, -0.2) is 0 Å². The van der Waals surface area contributed by atoms with Crippen molar-refractivity contribution < 1.29 is 24.2 Å². The maximum Gasteiger partial charge on any atom is 0.306 e. The SMILES string of the molecule is O=C(O)CC1CN(C(=O)C2CC(=O)N(c3ccccc3Cl)C2)CCO1. The highest BCUT2D eigenvalue weighted by Gasteiger charge is 2.39. The summed E-state index contributed by atoms with van der Waals surface area (Å²) in [5.74, 6) is -1.68. The van der Waals surface area contributed by atoms with E-state index in [-0.39, 0.29) is 37.7 Å². The van der Waals surface area contributed by atoms with Gasteiger partial charge in [-0.3, -0.25) is 14.4 Å². The maximum atomic E-state index is 12.8. The van der Waals surface area contributed by atoms with E-state index in [9.17, 15) is 14.4 Å². The topological polar surface area (TPSA) is 87.2 Å². The standard InChI is InChI=1S/C17H19ClN2O5/c18-13-3-1-2-4-14(13)20-9-11(7-15(20)21)17(24)19-5-6-25-12(10-19)8-16(22)23/h1-4,11-12H,5-10H2,(H,22,23). The molecule has 1 N–H and O–H groups in total. The summed E-state index contributed by atoms with van der Waals surface area (Å²) in [6.45, 7) is 1.23. The second kappa shape index (κ2) is 7.41. The van der Waals surface area contributed by atoms with Crippen LogP contribution in [0.4, 0.5) is 5.69 Å². The zero-order valence-electron chi connectivity index (χ0n) is 13.6. The molecule has 3 rings (SSSR count). The molecular weight excluding hydrogens is 348 g/mol. The van der Waals surface area contributed by atoms with E-state index in [0.29, 0.717) is 23.9 Å². The van der Waals surface area contributed by atoms with E-state index in [2.05, 4.69) is 0 Å². The molecule has 0 bridgehead atoms. The number of anilines is 1. The van der Waals surface area contributed by atoms with Crippen LogP contribution in [0, 0.1) is 5.92 Å². The number of carboxylic acid groups (broad SMARTS) is 1. The van der Waals surface area contributed by atoms with Crippen molar-refractivity contribution in [3.63, 3.8) is 0 Å². The average molecular weight is 367 g/mol. The minimum atomic E-state index is -0.958. The molecule has 2 saturated heterocycles. The third-order valence-electron chi connectivity index (χ3n) is 4.47. The van der Waals surface area contributed by atoms with E-state index in [4.69, 9.17) is 21.4 Å². The van der Waals surface area contributed by atoms with Crippen molar-refractivity contribution in [3.8, 4) is 0 Å². The van der Waals surface area contributed by atoms with Gasteiger partial charge in [0.2, 0.25) is 11.8 Å². The van der Waals surface area contributed by atoms with Crippen LogP contribution in [0.3, 0.4) is 0 Å². The number of benzene rings is 1. The lowest BCUT2D eigenvalue weighted by atomic mass is 10.1. The van der Waals surface area contributed by atoms with Crippen molar-refractivity contribution in [2.24, 2.45) is 5.92 Å². The van der Waals surface area contributed by atoms with Crippen LogP contribution in [0.2, 0.25) is 5.02 Å². The van der Waals surface area contributed by atoms with Crippen LogP contribution < -0.4 is 4.90 Å². The van der Waals surface area contributed by atoms with Crippen molar-refractivity contribution in [2.45, 2.75) is 18.9 Å². The maximum absolute atomic E-state index is 12.8. The number of amides is 2. The largest absolute Gasteiger partial charge is 0.481 e. The number of morpholine rings is 1. The zero-order chi connectivity index (χ0) is 18.0. The van der Waals surface area contributed by atoms with Crippen LogP contribution in [0.25, 0.3) is 0 Å². The van der Waals surface area contributed by atoms with Gasteiger partial charge < -0.3 is 19.6 Å². The van der Waals surface area contributed by atoms with Crippen molar-refractivity contribution in [2.75, 3.05) is 31.1 Å². The molecule has 2 amide bonds. The predicted octanol–water partition coefficient (Wildman–Crippen LogP) is 1.39. The van der Waals surface area contributed by atoms with E-state index in [1.54, 1.807) is 34.1 Å². The molecule has 2 atom stereocenters. The number of aliphatic carboxylic acids is 1. The third kappa shape index (κ3) is 3.93. The number of hydrogen-bond donors (Lipinski definition) is 1. The molecule has 0 radical (unpaired) electrons. The minimum absolute atomic E-state index is 0.130. The molecule has 25 heavy (non-hydrogen) atoms. The van der Waals surface area contributed by atoms with Gasteiger partial charge in [-0.1, -0.05) is 23.7 Å². The summed E-state index contributed by atoms with van der Waals surface area (Å²) in [7, 11) is 0. The van der Waals surface area contributed by atoms with Gasteiger partial charge in [0.1, 0.15) is 0 Å². The Labute approximate surface area is 150 Å². The van der Waals surface area contributed by atoms with Crippen molar-refractivity contribution in [3.05, 3.63) is 29.3 Å². The third-order valence-corrected chi connectivity index (χ3v) is 4.79. The van der Waals surface area contributed by atoms with E-state index in [0.717, 1.165) is 0 Å². The van der Waals surface area contributed by atoms with Gasteiger partial charge in [0.15, 0.2) is 0 Å². The minimum Gasteiger partial charge on any atom is -0.481 e. The summed E-state index contributed by atoms with van der Waals surface area (Å²) in [6, 6.07) is 7.04. The first-order valence-electron chi connectivity index (χ1n) is 8.12. The summed E-state index contributed by atoms with van der Waals surface area (Å²) in [6.07, 6.45) is -0.517. The Kier molecular flexibility index (Phi) is 5.24. The highest BCUT2D eigenvalue weighted by Crippen LogP contribution is 2.31. The fourth-order valence-corrected chi connectivity index (χ4v) is 3.51. The number of rotatable bonds is 4. The van der Waals surface area contributed by atoms with E-state index < -0.39 is 18.0 Å². The second-order valence-corrected chi connectivity index (χ2v) is 6.64. The molecule has 2 aliphatic rings. The molecule has 0 aromatic heterocycles. The molecule has 8 heteroatoms. The molecule has 7 nitrogen and oxygen atoms in total. The molecule has 2 unspecified atom stereocenters. The van der Waals surface area contributed by atoms with Crippen LogP contribution in [0.5, 0.6) is 0 Å². The first-order valence-corrected chi connectivity index (χ1v) is 8.50. The Balaban J connectivity index is 1.66. The fourth-order valence-electron chi connectivity index (χ4n) is 3.27. The molecule has 0 aliphatic carbocycles. The molecule has 134 valence electrons. The van der Waals surface area contributed by atoms with Gasteiger partial charge in [-0.2, -0.15) is 0 Å². The van der Waals surface area contributed by atoms with Crippen LogP contribution in [-0.4, -0.2) is 60.1 Å². The first-order chi connectivity index (χ1) is 12.0. The van der Waals surface area contributed by atoms with Crippen LogP contribution >= 0.6 is 11.6 Å². The van der Waals surface area contributed by atoms with Crippen molar-refractivity contribution >= 4 is 35.1 Å². The molecule has 1 aromatic carbocycles. The molecule has 0 saturated carbocycles. The highest BCUT2D eigenvalue weighted by molar-refractivity contribution is 6.33. The molecule has 0 spiro atoms. The Morgan fingerprint density at radius 2 is 2.04 bits per heavy atom. The Hall–Kier alpha value is -2.12. The number of para-hydroxylation sites is 1. The van der Waals surface area contributed by atoms with Crippen LogP contribution in [0.15, 0.2) is 24.3 Å². The molecular formula is C17H19ClN2O5. The fraction of sp³-hybridized carbons (Fsp3) is 0.471. The van der Waals surface area contributed by atoms with Crippen molar-refractivity contribution in [1.29, 1.82) is 0 Å². The predicted molar refractivity (Wildman–Crippen MR) is 90.5 cm³/mol. The number of hydrogen-bond acceptors (Lipinski definition) is 4. The van der Waals surface area contributed by atoms with Gasteiger partial charge in [-0.15, -0.1) is 0 Å². The number of carbonyl (C=O) groups is 3. The Bertz CT molecular complexity index is 695. The first kappa shape index (κ1) is 17.7. The number of carbonyl (C=O) groups excluding carboxylic acids is 2. The second-order valence-electron chi connectivity index (χ2n) is 6.23. The monoisotopic (exact) mass is 366 g/mol. The van der Waals surface area contributed by atoms with Crippen molar-refractivity contribution in [1.82, 2.24) is 4.90 Å². The number of nitrogens with zero attached hydrogens (tertiary/aromatic N) is 2. The quantitative estimate of drug-likeness (QED) is 0.870. The number of halogens is 1. The Morgan fingerprint density at radius 3 is 2.76 bits per heavy atom. The lowest BCUT2D eigenvalue weighted by molar-refractivity contribution is -0.149. The van der Waals surface area contributed by atoms with Gasteiger partial charge in [0.25, 0.3) is 0 Å². The van der Waals surface area contributed by atoms with E-state index in [1.165, 1.54) is 0 Å². The van der Waals surface area contributed by atoms with Crippen LogP contribution in [0.1, 0.15) is 12.8 Å². The van der Waals surface area contributed by atoms with Gasteiger partial charge in [0.05, 0.1) is 35.8 Å². The zero-order valence-corrected chi connectivity index (χ0v) is 14.3. The van der Waals surface area contributed by atoms with Gasteiger partial charge in [-0.05, 0) is 12.1 Å². The van der Waals surface area contributed by atoms with E-state index in [1.807, 2.05) is 0 Å². The molecule has 2 aliphatic heterocycles.